The van der Waals surface area contributed by atoms with Crippen LogP contribution in [-0.4, -0.2) is 9.72 Å². The molecule has 0 amide bonds. The lowest BCUT2D eigenvalue weighted by Crippen LogP contribution is -1.86. The average molecular weight is 186 g/mol. The standard InChI is InChI=1S/C11H10N2O/c1-7-10-8-5-3-4-6-9(8)13(2)11(10)12-14-7/h3-6H,1-2H3. The molecule has 0 fully saturated rings. The number of aryl methyl sites for hydroxylation is 2. The van der Waals surface area contributed by atoms with Crippen molar-refractivity contribution in [3.05, 3.63) is 30.0 Å². The quantitative estimate of drug-likeness (QED) is 0.540. The second-order valence-electron chi connectivity index (χ2n) is 3.51. The van der Waals surface area contributed by atoms with Crippen LogP contribution in [0.15, 0.2) is 28.8 Å². The molecule has 2 heterocycles. The van der Waals surface area contributed by atoms with E-state index in [-0.39, 0.29) is 0 Å². The summed E-state index contributed by atoms with van der Waals surface area (Å²) in [4.78, 5) is 0. The Morgan fingerprint density at radius 3 is 2.93 bits per heavy atom. The maximum Gasteiger partial charge on any atom is 0.184 e. The molecule has 70 valence electrons. The SMILES string of the molecule is Cc1onc2c1c1ccccc1n2C. The van der Waals surface area contributed by atoms with Crippen LogP contribution in [0.3, 0.4) is 0 Å². The number of para-hydroxylation sites is 1. The van der Waals surface area contributed by atoms with Crippen molar-refractivity contribution in [3.63, 3.8) is 0 Å². The number of benzene rings is 1. The van der Waals surface area contributed by atoms with E-state index in [0.717, 1.165) is 16.8 Å². The van der Waals surface area contributed by atoms with Gasteiger partial charge in [-0.3, -0.25) is 0 Å². The zero-order valence-electron chi connectivity index (χ0n) is 8.11. The third kappa shape index (κ3) is 0.744. The molecular formula is C11H10N2O. The minimum absolute atomic E-state index is 0.886. The highest BCUT2D eigenvalue weighted by molar-refractivity contribution is 6.07. The van der Waals surface area contributed by atoms with Crippen LogP contribution >= 0.6 is 0 Å². The van der Waals surface area contributed by atoms with Crippen LogP contribution in [-0.2, 0) is 7.05 Å². The van der Waals surface area contributed by atoms with Gasteiger partial charge in [0.1, 0.15) is 5.76 Å². The summed E-state index contributed by atoms with van der Waals surface area (Å²) in [6.45, 7) is 1.95. The first-order chi connectivity index (χ1) is 6.79. The van der Waals surface area contributed by atoms with Crippen molar-refractivity contribution in [2.45, 2.75) is 6.92 Å². The lowest BCUT2D eigenvalue weighted by Gasteiger charge is -1.93. The molecule has 0 aliphatic heterocycles. The zero-order valence-corrected chi connectivity index (χ0v) is 8.11. The third-order valence-corrected chi connectivity index (χ3v) is 2.70. The molecule has 0 atom stereocenters. The maximum absolute atomic E-state index is 5.17. The highest BCUT2D eigenvalue weighted by atomic mass is 16.5. The number of fused-ring (bicyclic) bond motifs is 3. The summed E-state index contributed by atoms with van der Waals surface area (Å²) < 4.78 is 7.23. The van der Waals surface area contributed by atoms with E-state index in [9.17, 15) is 0 Å². The second-order valence-corrected chi connectivity index (χ2v) is 3.51. The fourth-order valence-electron chi connectivity index (χ4n) is 1.99. The molecule has 0 N–H and O–H groups in total. The van der Waals surface area contributed by atoms with E-state index >= 15 is 0 Å². The van der Waals surface area contributed by atoms with E-state index in [1.54, 1.807) is 0 Å². The molecule has 0 spiro atoms. The number of hydrogen-bond donors (Lipinski definition) is 0. The zero-order chi connectivity index (χ0) is 9.71. The summed E-state index contributed by atoms with van der Waals surface area (Å²) in [5.41, 5.74) is 2.12. The average Bonchev–Trinajstić information content (AvgIpc) is 2.70. The van der Waals surface area contributed by atoms with Crippen LogP contribution in [0.1, 0.15) is 5.76 Å². The first kappa shape index (κ1) is 7.62. The van der Waals surface area contributed by atoms with Crippen LogP contribution in [0.5, 0.6) is 0 Å². The Kier molecular flexibility index (Phi) is 1.29. The number of nitrogens with zero attached hydrogens (tertiary/aromatic N) is 2. The summed E-state index contributed by atoms with van der Waals surface area (Å²) in [5.74, 6) is 0.886. The van der Waals surface area contributed by atoms with Gasteiger partial charge in [-0.1, -0.05) is 23.4 Å². The first-order valence-corrected chi connectivity index (χ1v) is 4.58. The summed E-state index contributed by atoms with van der Waals surface area (Å²) in [6.07, 6.45) is 0. The van der Waals surface area contributed by atoms with Crippen LogP contribution in [0.4, 0.5) is 0 Å². The summed E-state index contributed by atoms with van der Waals surface area (Å²) >= 11 is 0. The van der Waals surface area contributed by atoms with Crippen LogP contribution < -0.4 is 0 Å². The van der Waals surface area contributed by atoms with E-state index in [1.165, 1.54) is 10.9 Å². The van der Waals surface area contributed by atoms with Gasteiger partial charge in [0.2, 0.25) is 0 Å². The van der Waals surface area contributed by atoms with Crippen molar-refractivity contribution in [1.82, 2.24) is 9.72 Å². The van der Waals surface area contributed by atoms with Gasteiger partial charge in [-0.05, 0) is 13.0 Å². The minimum atomic E-state index is 0.886. The molecular weight excluding hydrogens is 176 g/mol. The Morgan fingerprint density at radius 2 is 2.07 bits per heavy atom. The van der Waals surface area contributed by atoms with Gasteiger partial charge in [-0.25, -0.2) is 0 Å². The Labute approximate surface area is 80.9 Å². The van der Waals surface area contributed by atoms with E-state index in [2.05, 4.69) is 21.9 Å². The number of rotatable bonds is 0. The van der Waals surface area contributed by atoms with Gasteiger partial charge in [0.05, 0.1) is 10.9 Å². The summed E-state index contributed by atoms with van der Waals surface area (Å²) in [6, 6.07) is 8.26. The van der Waals surface area contributed by atoms with Gasteiger partial charge >= 0.3 is 0 Å². The van der Waals surface area contributed by atoms with Crippen molar-refractivity contribution in [2.24, 2.45) is 7.05 Å². The highest BCUT2D eigenvalue weighted by Crippen LogP contribution is 2.29. The molecule has 3 nitrogen and oxygen atoms in total. The van der Waals surface area contributed by atoms with Crippen LogP contribution in [0, 0.1) is 6.92 Å². The van der Waals surface area contributed by atoms with Crippen molar-refractivity contribution in [1.29, 1.82) is 0 Å². The van der Waals surface area contributed by atoms with Gasteiger partial charge in [-0.2, -0.15) is 0 Å². The molecule has 0 aliphatic carbocycles. The second kappa shape index (κ2) is 2.38. The van der Waals surface area contributed by atoms with Crippen LogP contribution in [0.2, 0.25) is 0 Å². The van der Waals surface area contributed by atoms with Gasteiger partial charge in [0.25, 0.3) is 0 Å². The predicted molar refractivity (Wildman–Crippen MR) is 55.2 cm³/mol. The Balaban J connectivity index is 2.70. The number of hydrogen-bond acceptors (Lipinski definition) is 2. The van der Waals surface area contributed by atoms with Crippen molar-refractivity contribution in [2.75, 3.05) is 0 Å². The van der Waals surface area contributed by atoms with Gasteiger partial charge in [-0.15, -0.1) is 0 Å². The summed E-state index contributed by atoms with van der Waals surface area (Å²) in [5, 5.41) is 6.38. The first-order valence-electron chi connectivity index (χ1n) is 4.58. The normalized spacial score (nSPS) is 11.6. The van der Waals surface area contributed by atoms with E-state index in [4.69, 9.17) is 4.52 Å². The topological polar surface area (TPSA) is 31.0 Å². The molecule has 0 radical (unpaired) electrons. The van der Waals surface area contributed by atoms with Gasteiger partial charge in [0, 0.05) is 12.4 Å². The highest BCUT2D eigenvalue weighted by Gasteiger charge is 2.13. The van der Waals surface area contributed by atoms with Crippen molar-refractivity contribution >= 4 is 21.9 Å². The van der Waals surface area contributed by atoms with Crippen molar-refractivity contribution in [3.8, 4) is 0 Å². The van der Waals surface area contributed by atoms with E-state index < -0.39 is 0 Å². The Morgan fingerprint density at radius 1 is 1.29 bits per heavy atom. The fraction of sp³-hybridized carbons (Fsp3) is 0.182. The molecule has 3 heteroatoms. The van der Waals surface area contributed by atoms with E-state index in [1.807, 2.05) is 26.1 Å². The smallest absolute Gasteiger partial charge is 0.184 e. The molecule has 0 saturated heterocycles. The lowest BCUT2D eigenvalue weighted by atomic mass is 10.2. The molecule has 0 saturated carbocycles. The van der Waals surface area contributed by atoms with E-state index in [0.29, 0.717) is 0 Å². The fourth-order valence-corrected chi connectivity index (χ4v) is 1.99. The molecule has 0 unspecified atom stereocenters. The molecule has 1 aromatic carbocycles. The molecule has 2 aromatic heterocycles. The third-order valence-electron chi connectivity index (χ3n) is 2.70. The Hall–Kier alpha value is -1.77. The monoisotopic (exact) mass is 186 g/mol. The maximum atomic E-state index is 5.17. The van der Waals surface area contributed by atoms with Gasteiger partial charge < -0.3 is 9.09 Å². The summed E-state index contributed by atoms with van der Waals surface area (Å²) in [7, 11) is 2.01. The Bertz CT molecular complexity index is 619. The lowest BCUT2D eigenvalue weighted by molar-refractivity contribution is 0.402. The minimum Gasteiger partial charge on any atom is -0.359 e. The molecule has 3 aromatic rings. The molecule has 0 aliphatic rings. The predicted octanol–water partition coefficient (Wildman–Crippen LogP) is 2.63. The van der Waals surface area contributed by atoms with Crippen LogP contribution in [0.25, 0.3) is 21.9 Å². The largest absolute Gasteiger partial charge is 0.359 e. The van der Waals surface area contributed by atoms with Crippen molar-refractivity contribution < 1.29 is 4.52 Å². The molecule has 0 bridgehead atoms. The molecule has 14 heavy (non-hydrogen) atoms. The van der Waals surface area contributed by atoms with Gasteiger partial charge in [0.15, 0.2) is 5.65 Å². The molecule has 3 rings (SSSR count). The number of aromatic nitrogens is 2.